The summed E-state index contributed by atoms with van der Waals surface area (Å²) in [6.45, 7) is 3.08. The third kappa shape index (κ3) is 4.60. The zero-order chi connectivity index (χ0) is 18.4. The molecule has 2 N–H and O–H groups in total. The van der Waals surface area contributed by atoms with Crippen LogP contribution in [0.4, 0.5) is 0 Å². The number of hydrogen-bond donors (Lipinski definition) is 2. The molecule has 0 radical (unpaired) electrons. The molecule has 0 aromatic heterocycles. The summed E-state index contributed by atoms with van der Waals surface area (Å²) in [7, 11) is 0. The molecule has 2 aromatic carbocycles. The van der Waals surface area contributed by atoms with Crippen LogP contribution in [0.15, 0.2) is 72.4 Å². The molecule has 3 rings (SSSR count). The number of allylic oxidation sites excluding steroid dienone is 2. The molecule has 0 saturated heterocycles. The maximum atomic E-state index is 12.5. The van der Waals surface area contributed by atoms with Crippen LogP contribution in [-0.4, -0.2) is 11.7 Å². The molecule has 4 nitrogen and oxygen atoms in total. The Hall–Kier alpha value is -2.88. The number of ketones is 1. The van der Waals surface area contributed by atoms with Gasteiger partial charge in [-0.1, -0.05) is 67.6 Å². The second-order valence-corrected chi connectivity index (χ2v) is 6.77. The van der Waals surface area contributed by atoms with Gasteiger partial charge in [-0.2, -0.15) is 0 Å². The molecule has 1 aliphatic carbocycles. The van der Waals surface area contributed by atoms with E-state index in [0.717, 1.165) is 16.8 Å². The van der Waals surface area contributed by atoms with Gasteiger partial charge in [-0.15, -0.1) is 0 Å². The van der Waals surface area contributed by atoms with Gasteiger partial charge < -0.3 is 10.6 Å². The van der Waals surface area contributed by atoms with Crippen molar-refractivity contribution in [2.45, 2.75) is 26.4 Å². The van der Waals surface area contributed by atoms with E-state index in [9.17, 15) is 9.59 Å². The number of benzene rings is 2. The average Bonchev–Trinajstić information content (AvgIpc) is 2.66. The van der Waals surface area contributed by atoms with E-state index in [2.05, 4.69) is 10.6 Å². The Bertz CT molecular complexity index is 784. The van der Waals surface area contributed by atoms with E-state index in [-0.39, 0.29) is 17.6 Å². The van der Waals surface area contributed by atoms with Gasteiger partial charge >= 0.3 is 0 Å². The number of rotatable bonds is 6. The van der Waals surface area contributed by atoms with Crippen LogP contribution in [0.2, 0.25) is 0 Å². The van der Waals surface area contributed by atoms with Crippen molar-refractivity contribution in [1.82, 2.24) is 10.6 Å². The molecule has 0 unspecified atom stereocenters. The van der Waals surface area contributed by atoms with E-state index in [4.69, 9.17) is 0 Å². The van der Waals surface area contributed by atoms with E-state index >= 15 is 0 Å². The number of nitrogens with one attached hydrogen (secondary N) is 2. The zero-order valence-electron chi connectivity index (χ0n) is 14.9. The van der Waals surface area contributed by atoms with Gasteiger partial charge in [0.2, 0.25) is 5.91 Å². The molecular formula is C22H24N2O2. The van der Waals surface area contributed by atoms with Gasteiger partial charge in [0, 0.05) is 24.9 Å². The largest absolute Gasteiger partial charge is 0.384 e. The van der Waals surface area contributed by atoms with Gasteiger partial charge in [0.1, 0.15) is 5.92 Å². The van der Waals surface area contributed by atoms with Crippen LogP contribution in [0.5, 0.6) is 0 Å². The van der Waals surface area contributed by atoms with Gasteiger partial charge in [0.25, 0.3) is 0 Å². The van der Waals surface area contributed by atoms with Crippen molar-refractivity contribution in [3.05, 3.63) is 83.6 Å². The third-order valence-corrected chi connectivity index (χ3v) is 4.69. The first kappa shape index (κ1) is 17.9. The summed E-state index contributed by atoms with van der Waals surface area (Å²) in [5, 5.41) is 6.22. The second kappa shape index (κ2) is 8.48. The standard InChI is InChI=1S/C22H24N2O2/c1-16-12-19(23-14-17-8-4-2-5-9-17)13-20(25)21(16)22(26)24-15-18-10-6-3-7-11-18/h2-11,13,16,21,23H,12,14-15H2,1H3,(H,24,26)/t16-,21-/m0/s1. The van der Waals surface area contributed by atoms with Crippen molar-refractivity contribution in [3.63, 3.8) is 0 Å². The Morgan fingerprint density at radius 2 is 1.54 bits per heavy atom. The van der Waals surface area contributed by atoms with E-state index < -0.39 is 5.92 Å². The van der Waals surface area contributed by atoms with Crippen LogP contribution < -0.4 is 10.6 Å². The highest BCUT2D eigenvalue weighted by Gasteiger charge is 2.34. The maximum absolute atomic E-state index is 12.5. The summed E-state index contributed by atoms with van der Waals surface area (Å²) in [6.07, 6.45) is 2.29. The minimum absolute atomic E-state index is 0.0263. The Kier molecular flexibility index (Phi) is 5.84. The van der Waals surface area contributed by atoms with E-state index in [1.54, 1.807) is 6.08 Å². The molecule has 0 heterocycles. The molecule has 0 saturated carbocycles. The Balaban J connectivity index is 1.57. The average molecular weight is 348 g/mol. The Labute approximate surface area is 154 Å². The molecule has 4 heteroatoms. The van der Waals surface area contributed by atoms with Gasteiger partial charge in [0.15, 0.2) is 5.78 Å². The quantitative estimate of drug-likeness (QED) is 0.788. The fourth-order valence-electron chi connectivity index (χ4n) is 3.28. The van der Waals surface area contributed by atoms with Gasteiger partial charge in [-0.3, -0.25) is 9.59 Å². The summed E-state index contributed by atoms with van der Waals surface area (Å²) in [5.74, 6) is -0.947. The molecule has 0 spiro atoms. The lowest BCUT2D eigenvalue weighted by Gasteiger charge is -2.27. The first-order valence-corrected chi connectivity index (χ1v) is 8.97. The van der Waals surface area contributed by atoms with Crippen molar-refractivity contribution in [2.24, 2.45) is 11.8 Å². The lowest BCUT2D eigenvalue weighted by molar-refractivity contribution is -0.134. The molecule has 134 valence electrons. The fourth-order valence-corrected chi connectivity index (χ4v) is 3.28. The maximum Gasteiger partial charge on any atom is 0.231 e. The summed E-state index contributed by atoms with van der Waals surface area (Å²) < 4.78 is 0. The van der Waals surface area contributed by atoms with Crippen LogP contribution in [0, 0.1) is 11.8 Å². The number of hydrogen-bond acceptors (Lipinski definition) is 3. The SMILES string of the molecule is C[C@H]1CC(NCc2ccccc2)=CC(=O)[C@H]1C(=O)NCc1ccccc1. The summed E-state index contributed by atoms with van der Waals surface area (Å²) >= 11 is 0. The van der Waals surface area contributed by atoms with Crippen molar-refractivity contribution in [2.75, 3.05) is 0 Å². The van der Waals surface area contributed by atoms with Crippen LogP contribution in [0.25, 0.3) is 0 Å². The summed E-state index contributed by atoms with van der Waals surface area (Å²) in [5.41, 5.74) is 3.09. The lowest BCUT2D eigenvalue weighted by atomic mass is 9.81. The van der Waals surface area contributed by atoms with Crippen molar-refractivity contribution < 1.29 is 9.59 Å². The van der Waals surface area contributed by atoms with Crippen molar-refractivity contribution in [3.8, 4) is 0 Å². The summed E-state index contributed by atoms with van der Waals surface area (Å²) in [6, 6.07) is 19.8. The van der Waals surface area contributed by atoms with Gasteiger partial charge in [-0.25, -0.2) is 0 Å². The normalized spacial score (nSPS) is 19.6. The van der Waals surface area contributed by atoms with Gasteiger partial charge in [0.05, 0.1) is 0 Å². The number of amides is 1. The van der Waals surface area contributed by atoms with E-state index in [1.807, 2.05) is 67.6 Å². The number of carbonyl (C=O) groups excluding carboxylic acids is 2. The van der Waals surface area contributed by atoms with Gasteiger partial charge in [-0.05, 0) is 23.5 Å². The van der Waals surface area contributed by atoms with Crippen LogP contribution in [0.1, 0.15) is 24.5 Å². The van der Waals surface area contributed by atoms with Crippen LogP contribution >= 0.6 is 0 Å². The molecular weight excluding hydrogens is 324 g/mol. The number of carbonyl (C=O) groups is 2. The smallest absolute Gasteiger partial charge is 0.231 e. The molecule has 1 aliphatic rings. The minimum Gasteiger partial charge on any atom is -0.384 e. The predicted molar refractivity (Wildman–Crippen MR) is 102 cm³/mol. The molecule has 0 fully saturated rings. The third-order valence-electron chi connectivity index (χ3n) is 4.69. The zero-order valence-corrected chi connectivity index (χ0v) is 14.9. The molecule has 1 amide bonds. The highest BCUT2D eigenvalue weighted by atomic mass is 16.2. The second-order valence-electron chi connectivity index (χ2n) is 6.77. The summed E-state index contributed by atoms with van der Waals surface area (Å²) in [4.78, 5) is 25.0. The topological polar surface area (TPSA) is 58.2 Å². The first-order chi connectivity index (χ1) is 12.6. The highest BCUT2D eigenvalue weighted by Crippen LogP contribution is 2.26. The lowest BCUT2D eigenvalue weighted by Crippen LogP contribution is -2.41. The fraction of sp³-hybridized carbons (Fsp3) is 0.273. The first-order valence-electron chi connectivity index (χ1n) is 8.97. The molecule has 2 atom stereocenters. The van der Waals surface area contributed by atoms with E-state index in [1.165, 1.54) is 0 Å². The van der Waals surface area contributed by atoms with E-state index in [0.29, 0.717) is 19.5 Å². The highest BCUT2D eigenvalue weighted by molar-refractivity contribution is 6.07. The molecule has 2 aromatic rings. The monoisotopic (exact) mass is 348 g/mol. The molecule has 26 heavy (non-hydrogen) atoms. The molecule has 0 bridgehead atoms. The van der Waals surface area contributed by atoms with Crippen LogP contribution in [-0.2, 0) is 22.7 Å². The minimum atomic E-state index is -0.610. The van der Waals surface area contributed by atoms with Crippen LogP contribution in [0.3, 0.4) is 0 Å². The molecule has 0 aliphatic heterocycles. The van der Waals surface area contributed by atoms with Crippen molar-refractivity contribution in [1.29, 1.82) is 0 Å². The van der Waals surface area contributed by atoms with Crippen molar-refractivity contribution >= 4 is 11.7 Å². The predicted octanol–water partition coefficient (Wildman–Crippen LogP) is 3.20. The Morgan fingerprint density at radius 3 is 2.12 bits per heavy atom. The Morgan fingerprint density at radius 1 is 0.962 bits per heavy atom.